The molecule has 4 rings (SSSR count). The van der Waals surface area contributed by atoms with Gasteiger partial charge >= 0.3 is 0 Å². The van der Waals surface area contributed by atoms with Crippen LogP contribution in [-0.4, -0.2) is 30.9 Å². The number of imide groups is 1. The van der Waals surface area contributed by atoms with Crippen LogP contribution in [-0.2, 0) is 16.1 Å². The van der Waals surface area contributed by atoms with Gasteiger partial charge in [0.2, 0.25) is 0 Å². The molecule has 0 unspecified atom stereocenters. The number of nitrogens with zero attached hydrogens (tertiary/aromatic N) is 2. The van der Waals surface area contributed by atoms with Gasteiger partial charge < -0.3 is 9.64 Å². The van der Waals surface area contributed by atoms with E-state index in [2.05, 4.69) is 0 Å². The molecule has 1 heterocycles. The molecule has 3 aromatic carbocycles. The molecule has 0 aromatic heterocycles. The third kappa shape index (κ3) is 3.73. The van der Waals surface area contributed by atoms with Crippen molar-refractivity contribution in [2.75, 3.05) is 19.1 Å². The number of halogens is 2. The van der Waals surface area contributed by atoms with E-state index in [1.165, 1.54) is 7.11 Å². The molecule has 162 valence electrons. The SMILES string of the molecule is COc1ccccc1C1=C(N(C)Cc2ccccc2)C(=O)N(c2ccc(F)cc2F)C1=O. The number of methoxy groups -OCH3 is 1. The van der Waals surface area contributed by atoms with E-state index in [1.54, 1.807) is 36.2 Å². The van der Waals surface area contributed by atoms with Crippen molar-refractivity contribution in [3.05, 3.63) is 101 Å². The largest absolute Gasteiger partial charge is 0.496 e. The Balaban J connectivity index is 1.86. The lowest BCUT2D eigenvalue weighted by molar-refractivity contribution is -0.120. The van der Waals surface area contributed by atoms with Crippen molar-refractivity contribution in [2.24, 2.45) is 0 Å². The highest BCUT2D eigenvalue weighted by atomic mass is 19.1. The van der Waals surface area contributed by atoms with Gasteiger partial charge in [0.15, 0.2) is 0 Å². The predicted octanol–water partition coefficient (Wildman–Crippen LogP) is 4.39. The summed E-state index contributed by atoms with van der Waals surface area (Å²) in [6.07, 6.45) is 0. The predicted molar refractivity (Wildman–Crippen MR) is 117 cm³/mol. The lowest BCUT2D eigenvalue weighted by atomic mass is 10.0. The van der Waals surface area contributed by atoms with E-state index in [0.29, 0.717) is 23.9 Å². The van der Waals surface area contributed by atoms with Gasteiger partial charge in [0, 0.05) is 25.2 Å². The quantitative estimate of drug-likeness (QED) is 0.540. The van der Waals surface area contributed by atoms with E-state index < -0.39 is 23.4 Å². The summed E-state index contributed by atoms with van der Waals surface area (Å²) in [7, 11) is 3.15. The molecule has 0 aliphatic carbocycles. The van der Waals surface area contributed by atoms with Crippen LogP contribution in [0.5, 0.6) is 5.75 Å². The van der Waals surface area contributed by atoms with Gasteiger partial charge in [0.1, 0.15) is 23.1 Å². The summed E-state index contributed by atoms with van der Waals surface area (Å²) in [5.74, 6) is -2.81. The fourth-order valence-corrected chi connectivity index (χ4v) is 3.78. The second kappa shape index (κ2) is 8.63. The maximum Gasteiger partial charge on any atom is 0.282 e. The Bertz CT molecular complexity index is 1220. The lowest BCUT2D eigenvalue weighted by Crippen LogP contribution is -2.34. The normalized spacial score (nSPS) is 13.7. The Morgan fingerprint density at radius 2 is 1.59 bits per heavy atom. The molecule has 0 radical (unpaired) electrons. The van der Waals surface area contributed by atoms with E-state index >= 15 is 0 Å². The van der Waals surface area contributed by atoms with Crippen LogP contribution >= 0.6 is 0 Å². The van der Waals surface area contributed by atoms with Crippen LogP contribution < -0.4 is 9.64 Å². The average Bonchev–Trinajstić information content (AvgIpc) is 3.04. The molecule has 5 nitrogen and oxygen atoms in total. The number of ether oxygens (including phenoxy) is 1. The van der Waals surface area contributed by atoms with Crippen molar-refractivity contribution in [1.82, 2.24) is 4.90 Å². The van der Waals surface area contributed by atoms with E-state index in [1.807, 2.05) is 30.3 Å². The third-order valence-electron chi connectivity index (χ3n) is 5.23. The van der Waals surface area contributed by atoms with Crippen molar-refractivity contribution < 1.29 is 23.1 Å². The second-order valence-electron chi connectivity index (χ2n) is 7.31. The Morgan fingerprint density at radius 3 is 2.28 bits per heavy atom. The summed E-state index contributed by atoms with van der Waals surface area (Å²) in [5.41, 5.74) is 1.22. The summed E-state index contributed by atoms with van der Waals surface area (Å²) in [6, 6.07) is 19.0. The Hall–Kier alpha value is -4.00. The van der Waals surface area contributed by atoms with Crippen molar-refractivity contribution in [2.45, 2.75) is 6.54 Å². The Kier molecular flexibility index (Phi) is 5.73. The number of rotatable bonds is 6. The summed E-state index contributed by atoms with van der Waals surface area (Å²) in [6.45, 7) is 0.341. The number of likely N-dealkylation sites (N-methyl/N-ethyl adjacent to an activating group) is 1. The van der Waals surface area contributed by atoms with Gasteiger partial charge in [-0.05, 0) is 23.8 Å². The number of amides is 2. The highest BCUT2D eigenvalue weighted by Crippen LogP contribution is 2.39. The van der Waals surface area contributed by atoms with E-state index in [-0.39, 0.29) is 17.0 Å². The van der Waals surface area contributed by atoms with Crippen LogP contribution in [0.2, 0.25) is 0 Å². The van der Waals surface area contributed by atoms with Crippen LogP contribution in [0.4, 0.5) is 14.5 Å². The molecule has 2 amide bonds. The minimum Gasteiger partial charge on any atom is -0.496 e. The molecule has 0 saturated carbocycles. The van der Waals surface area contributed by atoms with Gasteiger partial charge in [0.05, 0.1) is 18.4 Å². The van der Waals surface area contributed by atoms with Gasteiger partial charge in [0.25, 0.3) is 11.8 Å². The van der Waals surface area contributed by atoms with E-state index in [0.717, 1.165) is 22.6 Å². The van der Waals surface area contributed by atoms with Crippen LogP contribution in [0.15, 0.2) is 78.5 Å². The van der Waals surface area contributed by atoms with Crippen molar-refractivity contribution in [3.63, 3.8) is 0 Å². The molecule has 3 aromatic rings. The standard InChI is InChI=1S/C25H20F2N2O3/c1-28(15-16-8-4-3-5-9-16)23-22(18-10-6-7-11-21(18)32-2)24(30)29(25(23)31)20-13-12-17(26)14-19(20)27/h3-14H,15H2,1-2H3. The van der Waals surface area contributed by atoms with Crippen LogP contribution in [0.25, 0.3) is 5.57 Å². The summed E-state index contributed by atoms with van der Waals surface area (Å²) < 4.78 is 33.4. The monoisotopic (exact) mass is 434 g/mol. The molecule has 0 bridgehead atoms. The van der Waals surface area contributed by atoms with Crippen molar-refractivity contribution >= 4 is 23.1 Å². The van der Waals surface area contributed by atoms with Crippen LogP contribution in [0.1, 0.15) is 11.1 Å². The molecule has 1 aliphatic rings. The number of hydrogen-bond acceptors (Lipinski definition) is 4. The second-order valence-corrected chi connectivity index (χ2v) is 7.31. The fraction of sp³-hybridized carbons (Fsp3) is 0.120. The number of para-hydroxylation sites is 1. The van der Waals surface area contributed by atoms with Gasteiger partial charge in [-0.25, -0.2) is 13.7 Å². The number of anilines is 1. The Labute approximate surface area is 184 Å². The first-order valence-electron chi connectivity index (χ1n) is 9.89. The maximum atomic E-state index is 14.6. The molecule has 0 spiro atoms. The van der Waals surface area contributed by atoms with Gasteiger partial charge in [-0.2, -0.15) is 0 Å². The lowest BCUT2D eigenvalue weighted by Gasteiger charge is -2.22. The summed E-state index contributed by atoms with van der Waals surface area (Å²) in [4.78, 5) is 29.4. The first-order valence-corrected chi connectivity index (χ1v) is 9.89. The zero-order valence-electron chi connectivity index (χ0n) is 17.5. The molecule has 0 N–H and O–H groups in total. The maximum absolute atomic E-state index is 14.6. The number of carbonyl (C=O) groups is 2. The highest BCUT2D eigenvalue weighted by Gasteiger charge is 2.43. The molecular weight excluding hydrogens is 414 g/mol. The fourth-order valence-electron chi connectivity index (χ4n) is 3.78. The van der Waals surface area contributed by atoms with Crippen molar-refractivity contribution in [3.8, 4) is 5.75 Å². The molecule has 0 saturated heterocycles. The number of carbonyl (C=O) groups excluding carboxylic acids is 2. The smallest absolute Gasteiger partial charge is 0.282 e. The zero-order chi connectivity index (χ0) is 22.8. The van der Waals surface area contributed by atoms with Gasteiger partial charge in [-0.1, -0.05) is 48.5 Å². The third-order valence-corrected chi connectivity index (χ3v) is 5.23. The van der Waals surface area contributed by atoms with Crippen LogP contribution in [0.3, 0.4) is 0 Å². The zero-order valence-corrected chi connectivity index (χ0v) is 17.5. The van der Waals surface area contributed by atoms with Crippen LogP contribution in [0, 0.1) is 11.6 Å². The summed E-state index contributed by atoms with van der Waals surface area (Å²) >= 11 is 0. The highest BCUT2D eigenvalue weighted by molar-refractivity contribution is 6.45. The molecule has 0 fully saturated rings. The summed E-state index contributed by atoms with van der Waals surface area (Å²) in [5, 5.41) is 0. The van der Waals surface area contributed by atoms with E-state index in [4.69, 9.17) is 4.74 Å². The first kappa shape index (κ1) is 21.2. The topological polar surface area (TPSA) is 49.9 Å². The van der Waals surface area contributed by atoms with Gasteiger partial charge in [-0.3, -0.25) is 9.59 Å². The minimum absolute atomic E-state index is 0.0922. The molecule has 1 aliphatic heterocycles. The average molecular weight is 434 g/mol. The first-order chi connectivity index (χ1) is 15.4. The Morgan fingerprint density at radius 1 is 0.906 bits per heavy atom. The number of hydrogen-bond donors (Lipinski definition) is 0. The van der Waals surface area contributed by atoms with Gasteiger partial charge in [-0.15, -0.1) is 0 Å². The van der Waals surface area contributed by atoms with Crippen molar-refractivity contribution in [1.29, 1.82) is 0 Å². The molecule has 32 heavy (non-hydrogen) atoms. The molecule has 7 heteroatoms. The molecular formula is C25H20F2N2O3. The number of benzene rings is 3. The van der Waals surface area contributed by atoms with E-state index in [9.17, 15) is 18.4 Å². The minimum atomic E-state index is -1.00. The molecule has 0 atom stereocenters.